The van der Waals surface area contributed by atoms with Gasteiger partial charge in [0.25, 0.3) is 0 Å². The highest BCUT2D eigenvalue weighted by atomic mass is 79.9. The van der Waals surface area contributed by atoms with E-state index < -0.39 is 0 Å². The van der Waals surface area contributed by atoms with Crippen LogP contribution in [0.5, 0.6) is 0 Å². The number of hydrogen-bond donors (Lipinski definition) is 1. The maximum absolute atomic E-state index is 13.2. The number of nitriles is 1. The highest BCUT2D eigenvalue weighted by Gasteiger charge is 2.03. The van der Waals surface area contributed by atoms with Crippen molar-refractivity contribution in [3.8, 4) is 6.07 Å². The summed E-state index contributed by atoms with van der Waals surface area (Å²) in [6.45, 7) is 1.26. The van der Waals surface area contributed by atoms with Gasteiger partial charge in [0.05, 0.1) is 11.6 Å². The molecule has 2 nitrogen and oxygen atoms in total. The maximum Gasteiger partial charge on any atom is 0.124 e. The first-order chi connectivity index (χ1) is 8.69. The molecule has 0 radical (unpaired) electrons. The normalized spacial score (nSPS) is 10.3. The standard InChI is InChI=1S/C13H10BrFN2S/c14-12-1-2-18-13(12)8-17-7-10-3-9(6-16)4-11(15)5-10/h1-5,17H,7-8H2. The molecule has 2 aromatic rings. The summed E-state index contributed by atoms with van der Waals surface area (Å²) in [4.78, 5) is 1.20. The molecule has 0 fully saturated rings. The number of thiophene rings is 1. The van der Waals surface area contributed by atoms with Crippen LogP contribution in [-0.2, 0) is 13.1 Å². The van der Waals surface area contributed by atoms with E-state index in [0.717, 1.165) is 16.6 Å². The van der Waals surface area contributed by atoms with E-state index in [2.05, 4.69) is 21.2 Å². The maximum atomic E-state index is 13.2. The topological polar surface area (TPSA) is 35.8 Å². The summed E-state index contributed by atoms with van der Waals surface area (Å²) in [5, 5.41) is 14.0. The molecule has 92 valence electrons. The number of nitrogens with one attached hydrogen (secondary N) is 1. The van der Waals surface area contributed by atoms with Crippen LogP contribution in [0, 0.1) is 17.1 Å². The van der Waals surface area contributed by atoms with Gasteiger partial charge in [-0.2, -0.15) is 5.26 Å². The molecule has 0 saturated carbocycles. The van der Waals surface area contributed by atoms with Crippen LogP contribution in [0.25, 0.3) is 0 Å². The Labute approximate surface area is 117 Å². The summed E-state index contributed by atoms with van der Waals surface area (Å²) in [7, 11) is 0. The van der Waals surface area contributed by atoms with Crippen LogP contribution < -0.4 is 5.32 Å². The summed E-state index contributed by atoms with van der Waals surface area (Å²) in [6, 6.07) is 8.32. The van der Waals surface area contributed by atoms with Gasteiger partial charge in [-0.15, -0.1) is 11.3 Å². The van der Waals surface area contributed by atoms with E-state index in [-0.39, 0.29) is 5.82 Å². The third-order valence-electron chi connectivity index (χ3n) is 2.39. The van der Waals surface area contributed by atoms with E-state index in [0.29, 0.717) is 12.1 Å². The lowest BCUT2D eigenvalue weighted by molar-refractivity contribution is 0.620. The molecular formula is C13H10BrFN2S. The van der Waals surface area contributed by atoms with Crippen LogP contribution in [0.3, 0.4) is 0 Å². The molecule has 0 bridgehead atoms. The molecule has 0 amide bonds. The van der Waals surface area contributed by atoms with E-state index in [1.165, 1.54) is 17.0 Å². The zero-order valence-corrected chi connectivity index (χ0v) is 11.8. The van der Waals surface area contributed by atoms with Crippen LogP contribution in [0.4, 0.5) is 4.39 Å². The van der Waals surface area contributed by atoms with Crippen molar-refractivity contribution in [3.63, 3.8) is 0 Å². The first-order valence-corrected chi connectivity index (χ1v) is 6.98. The molecule has 0 saturated heterocycles. The monoisotopic (exact) mass is 324 g/mol. The average molecular weight is 325 g/mol. The van der Waals surface area contributed by atoms with Crippen LogP contribution in [0.1, 0.15) is 16.0 Å². The van der Waals surface area contributed by atoms with E-state index in [4.69, 9.17) is 5.26 Å². The summed E-state index contributed by atoms with van der Waals surface area (Å²) >= 11 is 5.11. The van der Waals surface area contributed by atoms with Crippen molar-refractivity contribution in [2.24, 2.45) is 0 Å². The van der Waals surface area contributed by atoms with E-state index in [9.17, 15) is 4.39 Å². The second-order valence-corrected chi connectivity index (χ2v) is 5.61. The fourth-order valence-corrected chi connectivity index (χ4v) is 3.05. The van der Waals surface area contributed by atoms with Crippen molar-refractivity contribution in [1.29, 1.82) is 5.26 Å². The summed E-state index contributed by atoms with van der Waals surface area (Å²) in [6.07, 6.45) is 0. The van der Waals surface area contributed by atoms with Crippen molar-refractivity contribution in [2.45, 2.75) is 13.1 Å². The summed E-state index contributed by atoms with van der Waals surface area (Å²) < 4.78 is 14.3. The molecule has 0 atom stereocenters. The fourth-order valence-electron chi connectivity index (χ4n) is 1.59. The summed E-state index contributed by atoms with van der Waals surface area (Å²) in [5.41, 5.74) is 1.13. The molecule has 0 spiro atoms. The van der Waals surface area contributed by atoms with E-state index >= 15 is 0 Å². The van der Waals surface area contributed by atoms with Gasteiger partial charge in [0.2, 0.25) is 0 Å². The lowest BCUT2D eigenvalue weighted by atomic mass is 10.1. The molecule has 0 aliphatic heterocycles. The SMILES string of the molecule is N#Cc1cc(F)cc(CNCc2sccc2Br)c1. The van der Waals surface area contributed by atoms with Gasteiger partial charge in [-0.3, -0.25) is 0 Å². The van der Waals surface area contributed by atoms with Gasteiger partial charge in [0.15, 0.2) is 0 Å². The quantitative estimate of drug-likeness (QED) is 0.928. The van der Waals surface area contributed by atoms with Crippen molar-refractivity contribution in [3.05, 3.63) is 55.9 Å². The van der Waals surface area contributed by atoms with Crippen molar-refractivity contribution >= 4 is 27.3 Å². The Morgan fingerprint density at radius 3 is 2.83 bits per heavy atom. The molecule has 1 heterocycles. The Morgan fingerprint density at radius 2 is 2.17 bits per heavy atom. The van der Waals surface area contributed by atoms with Crippen molar-refractivity contribution in [2.75, 3.05) is 0 Å². The third kappa shape index (κ3) is 3.39. The predicted octanol–water partition coefficient (Wildman–Crippen LogP) is 3.81. The molecule has 0 aliphatic rings. The van der Waals surface area contributed by atoms with Gasteiger partial charge < -0.3 is 5.32 Å². The molecule has 2 rings (SSSR count). The number of nitrogens with zero attached hydrogens (tertiary/aromatic N) is 1. The van der Waals surface area contributed by atoms with E-state index in [1.54, 1.807) is 17.4 Å². The molecule has 0 unspecified atom stereocenters. The Hall–Kier alpha value is -1.22. The smallest absolute Gasteiger partial charge is 0.124 e. The van der Waals surface area contributed by atoms with Gasteiger partial charge in [-0.25, -0.2) is 4.39 Å². The molecule has 5 heteroatoms. The minimum atomic E-state index is -0.372. The Morgan fingerprint density at radius 1 is 1.33 bits per heavy atom. The van der Waals surface area contributed by atoms with Gasteiger partial charge in [0, 0.05) is 22.4 Å². The lowest BCUT2D eigenvalue weighted by Gasteiger charge is -2.05. The van der Waals surface area contributed by atoms with Crippen molar-refractivity contribution < 1.29 is 4.39 Å². The Bertz CT molecular complexity index is 589. The molecule has 18 heavy (non-hydrogen) atoms. The van der Waals surface area contributed by atoms with Gasteiger partial charge in [-0.1, -0.05) is 0 Å². The number of benzene rings is 1. The van der Waals surface area contributed by atoms with Gasteiger partial charge >= 0.3 is 0 Å². The molecule has 0 aliphatic carbocycles. The zero-order chi connectivity index (χ0) is 13.0. The molecule has 1 aromatic carbocycles. The second-order valence-electron chi connectivity index (χ2n) is 3.76. The Kier molecular flexibility index (Phi) is 4.48. The van der Waals surface area contributed by atoms with Gasteiger partial charge in [-0.05, 0) is 51.1 Å². The first kappa shape index (κ1) is 13.2. The molecule has 1 N–H and O–H groups in total. The third-order valence-corrected chi connectivity index (χ3v) is 4.32. The number of hydrogen-bond acceptors (Lipinski definition) is 3. The van der Waals surface area contributed by atoms with Crippen LogP contribution in [0.15, 0.2) is 34.1 Å². The minimum Gasteiger partial charge on any atom is -0.308 e. The predicted molar refractivity (Wildman–Crippen MR) is 73.7 cm³/mol. The van der Waals surface area contributed by atoms with Crippen molar-refractivity contribution in [1.82, 2.24) is 5.32 Å². The minimum absolute atomic E-state index is 0.351. The zero-order valence-electron chi connectivity index (χ0n) is 9.41. The summed E-state index contributed by atoms with van der Waals surface area (Å²) in [5.74, 6) is -0.372. The highest BCUT2D eigenvalue weighted by molar-refractivity contribution is 9.10. The molecule has 1 aromatic heterocycles. The fraction of sp³-hybridized carbons (Fsp3) is 0.154. The average Bonchev–Trinajstić information content (AvgIpc) is 2.74. The van der Waals surface area contributed by atoms with Crippen LogP contribution in [-0.4, -0.2) is 0 Å². The lowest BCUT2D eigenvalue weighted by Crippen LogP contribution is -2.12. The van der Waals surface area contributed by atoms with E-state index in [1.807, 2.05) is 17.5 Å². The molecular weight excluding hydrogens is 315 g/mol. The number of rotatable bonds is 4. The van der Waals surface area contributed by atoms with Crippen LogP contribution in [0.2, 0.25) is 0 Å². The largest absolute Gasteiger partial charge is 0.308 e. The Balaban J connectivity index is 1.97. The van der Waals surface area contributed by atoms with Gasteiger partial charge in [0.1, 0.15) is 5.82 Å². The highest BCUT2D eigenvalue weighted by Crippen LogP contribution is 2.22. The number of halogens is 2. The van der Waals surface area contributed by atoms with Crippen LogP contribution >= 0.6 is 27.3 Å². The first-order valence-electron chi connectivity index (χ1n) is 5.31. The second kappa shape index (κ2) is 6.10.